The number of hydrogen-bond acceptors (Lipinski definition) is 8. The van der Waals surface area contributed by atoms with Gasteiger partial charge in [0.2, 0.25) is 0 Å². The van der Waals surface area contributed by atoms with Gasteiger partial charge < -0.3 is 30.9 Å². The number of nitrogen functional groups attached to an aromatic ring is 1. The summed E-state index contributed by atoms with van der Waals surface area (Å²) in [6.07, 6.45) is 2.49. The van der Waals surface area contributed by atoms with Gasteiger partial charge in [-0.3, -0.25) is 15.3 Å². The predicted octanol–water partition coefficient (Wildman–Crippen LogP) is 4.92. The van der Waals surface area contributed by atoms with E-state index in [1.54, 1.807) is 48.5 Å². The Bertz CT molecular complexity index is 1360. The molecule has 3 aromatic carbocycles. The van der Waals surface area contributed by atoms with Crippen LogP contribution in [0.4, 0.5) is 17.1 Å². The van der Waals surface area contributed by atoms with Gasteiger partial charge >= 0.3 is 5.97 Å². The molecule has 0 aliphatic heterocycles. The Labute approximate surface area is 229 Å². The third-order valence-corrected chi connectivity index (χ3v) is 5.83. The second kappa shape index (κ2) is 13.4. The van der Waals surface area contributed by atoms with Gasteiger partial charge in [-0.05, 0) is 67.1 Å². The zero-order valence-electron chi connectivity index (χ0n) is 20.4. The zero-order chi connectivity index (χ0) is 27.7. The van der Waals surface area contributed by atoms with Crippen molar-refractivity contribution in [1.82, 2.24) is 0 Å². The third-order valence-electron chi connectivity index (χ3n) is 5.25. The summed E-state index contributed by atoms with van der Waals surface area (Å²) in [6.45, 7) is 2.42. The van der Waals surface area contributed by atoms with E-state index in [9.17, 15) is 14.7 Å². The quantitative estimate of drug-likeness (QED) is 0.0708. The van der Waals surface area contributed by atoms with Gasteiger partial charge in [0.25, 0.3) is 5.91 Å². The fourth-order valence-electron chi connectivity index (χ4n) is 3.56. The van der Waals surface area contributed by atoms with Crippen LogP contribution in [0.2, 0.25) is 5.02 Å². The maximum absolute atomic E-state index is 13.1. The number of carboxylic acid groups (broad SMARTS) is 1. The van der Waals surface area contributed by atoms with Crippen molar-refractivity contribution in [3.8, 4) is 5.75 Å². The summed E-state index contributed by atoms with van der Waals surface area (Å²) in [4.78, 5) is 24.3. The van der Waals surface area contributed by atoms with Crippen LogP contribution in [0.3, 0.4) is 0 Å². The summed E-state index contributed by atoms with van der Waals surface area (Å²) in [5, 5.41) is 28.7. The number of ether oxygens (including phenoxy) is 1. The Balaban J connectivity index is 1.92. The maximum Gasteiger partial charge on any atom is 0.328 e. The molecular formula is C26H27ClN6O4S. The van der Waals surface area contributed by atoms with Gasteiger partial charge in [0.15, 0.2) is 0 Å². The number of amides is 1. The summed E-state index contributed by atoms with van der Waals surface area (Å²) in [7, 11) is 0. The highest BCUT2D eigenvalue weighted by molar-refractivity contribution is 7.98. The number of amidine groups is 1. The van der Waals surface area contributed by atoms with E-state index in [1.165, 1.54) is 6.08 Å². The number of halogens is 1. The molecular weight excluding hydrogens is 528 g/mol. The van der Waals surface area contributed by atoms with E-state index >= 15 is 0 Å². The molecule has 198 valence electrons. The average molecular weight is 555 g/mol. The number of hydrogen-bond donors (Lipinski definition) is 7. The molecule has 0 fully saturated rings. The van der Waals surface area contributed by atoms with Crippen molar-refractivity contribution in [3.63, 3.8) is 0 Å². The monoisotopic (exact) mass is 554 g/mol. The van der Waals surface area contributed by atoms with Crippen LogP contribution < -0.4 is 31.0 Å². The second-order valence-electron chi connectivity index (χ2n) is 7.86. The number of aliphatic carboxylic acids is 1. The van der Waals surface area contributed by atoms with E-state index in [4.69, 9.17) is 32.6 Å². The molecule has 3 aromatic rings. The second-order valence-corrected chi connectivity index (χ2v) is 8.74. The molecule has 12 heteroatoms. The molecule has 10 nitrogen and oxygen atoms in total. The number of anilines is 3. The first kappa shape index (κ1) is 28.4. The molecule has 0 radical (unpaired) electrons. The summed E-state index contributed by atoms with van der Waals surface area (Å²) in [5.74, 6) is -1.09. The van der Waals surface area contributed by atoms with Crippen molar-refractivity contribution < 1.29 is 19.4 Å². The largest absolute Gasteiger partial charge is 0.493 e. The van der Waals surface area contributed by atoms with Crippen molar-refractivity contribution in [3.05, 3.63) is 87.9 Å². The van der Waals surface area contributed by atoms with E-state index in [2.05, 4.69) is 15.4 Å². The van der Waals surface area contributed by atoms with Gasteiger partial charge in [0.05, 0.1) is 12.2 Å². The van der Waals surface area contributed by atoms with Gasteiger partial charge in [-0.1, -0.05) is 11.6 Å². The molecule has 0 aliphatic carbocycles. The summed E-state index contributed by atoms with van der Waals surface area (Å²) < 4.78 is 8.71. The highest BCUT2D eigenvalue weighted by Gasteiger charge is 2.15. The minimum absolute atomic E-state index is 0.0707. The molecule has 0 aliphatic rings. The fourth-order valence-corrected chi connectivity index (χ4v) is 3.98. The van der Waals surface area contributed by atoms with Gasteiger partial charge in [0.1, 0.15) is 11.6 Å². The number of carbonyl (C=O) groups excluding carboxylic acids is 1. The molecule has 0 atom stereocenters. The van der Waals surface area contributed by atoms with Crippen LogP contribution in [0.1, 0.15) is 34.0 Å². The molecule has 1 amide bonds. The lowest BCUT2D eigenvalue weighted by Gasteiger charge is -2.18. The van der Waals surface area contributed by atoms with Gasteiger partial charge in [-0.15, -0.1) is 0 Å². The number of benzene rings is 3. The average Bonchev–Trinajstić information content (AvgIpc) is 2.88. The lowest BCUT2D eigenvalue weighted by Crippen LogP contribution is -2.16. The first-order valence-electron chi connectivity index (χ1n) is 11.3. The number of nitrogens with two attached hydrogens (primary N) is 2. The Hall–Kier alpha value is -4.19. The van der Waals surface area contributed by atoms with Crippen LogP contribution >= 0.6 is 23.7 Å². The number of carbonyl (C=O) groups is 2. The van der Waals surface area contributed by atoms with Crippen LogP contribution in [0.15, 0.2) is 60.7 Å². The van der Waals surface area contributed by atoms with E-state index in [0.717, 1.165) is 18.2 Å². The summed E-state index contributed by atoms with van der Waals surface area (Å²) in [6, 6.07) is 15.0. The smallest absolute Gasteiger partial charge is 0.328 e. The summed E-state index contributed by atoms with van der Waals surface area (Å²) in [5.41, 5.74) is 9.28. The molecule has 0 spiro atoms. The number of rotatable bonds is 12. The zero-order valence-corrected chi connectivity index (χ0v) is 22.0. The SMILES string of the molecule is CCOc1cc(NSN)cc(CNc2ccc(Cl)cc2C(=O)Nc2ccc(C(=N)N)cc2)c1/C=C/C(=O)O. The topological polar surface area (TPSA) is 176 Å². The van der Waals surface area contributed by atoms with E-state index in [0.29, 0.717) is 56.7 Å². The lowest BCUT2D eigenvalue weighted by atomic mass is 10.0. The van der Waals surface area contributed by atoms with Crippen LogP contribution in [-0.4, -0.2) is 29.4 Å². The molecule has 0 aromatic heterocycles. The maximum atomic E-state index is 13.1. The van der Waals surface area contributed by atoms with Gasteiger partial charge in [-0.25, -0.2) is 4.79 Å². The molecule has 0 bridgehead atoms. The van der Waals surface area contributed by atoms with Crippen molar-refractivity contribution in [2.45, 2.75) is 13.5 Å². The Morgan fingerprint density at radius 1 is 1.13 bits per heavy atom. The van der Waals surface area contributed by atoms with Crippen LogP contribution in [0.5, 0.6) is 5.75 Å². The van der Waals surface area contributed by atoms with Crippen molar-refractivity contribution in [1.29, 1.82) is 5.41 Å². The van der Waals surface area contributed by atoms with Crippen molar-refractivity contribution in [2.75, 3.05) is 22.0 Å². The van der Waals surface area contributed by atoms with Crippen LogP contribution in [0.25, 0.3) is 6.08 Å². The fraction of sp³-hybridized carbons (Fsp3) is 0.115. The lowest BCUT2D eigenvalue weighted by molar-refractivity contribution is -0.131. The molecule has 3 rings (SSSR count). The molecule has 0 saturated heterocycles. The highest BCUT2D eigenvalue weighted by atomic mass is 35.5. The van der Waals surface area contributed by atoms with Crippen LogP contribution in [-0.2, 0) is 11.3 Å². The summed E-state index contributed by atoms with van der Waals surface area (Å²) >= 11 is 7.11. The Morgan fingerprint density at radius 2 is 1.87 bits per heavy atom. The molecule has 0 heterocycles. The first-order chi connectivity index (χ1) is 18.2. The van der Waals surface area contributed by atoms with E-state index in [1.807, 2.05) is 13.0 Å². The van der Waals surface area contributed by atoms with Crippen molar-refractivity contribution in [2.24, 2.45) is 10.9 Å². The highest BCUT2D eigenvalue weighted by Crippen LogP contribution is 2.31. The van der Waals surface area contributed by atoms with Crippen LogP contribution in [0, 0.1) is 5.41 Å². The predicted molar refractivity (Wildman–Crippen MR) is 154 cm³/mol. The third kappa shape index (κ3) is 7.65. The Kier molecular flexibility index (Phi) is 9.99. The molecule has 38 heavy (non-hydrogen) atoms. The number of carboxylic acids is 1. The molecule has 9 N–H and O–H groups in total. The van der Waals surface area contributed by atoms with E-state index < -0.39 is 11.9 Å². The van der Waals surface area contributed by atoms with Gasteiger partial charge in [0, 0.05) is 64.0 Å². The van der Waals surface area contributed by atoms with E-state index in [-0.39, 0.29) is 12.4 Å². The molecule has 0 saturated carbocycles. The minimum Gasteiger partial charge on any atom is -0.493 e. The minimum atomic E-state index is -1.10. The number of nitrogens with one attached hydrogen (secondary N) is 4. The first-order valence-corrected chi connectivity index (χ1v) is 12.6. The van der Waals surface area contributed by atoms with Crippen molar-refractivity contribution >= 4 is 64.6 Å². The normalized spacial score (nSPS) is 10.7. The Morgan fingerprint density at radius 3 is 2.50 bits per heavy atom. The molecule has 0 unspecified atom stereocenters. The van der Waals surface area contributed by atoms with Gasteiger partial charge in [-0.2, -0.15) is 0 Å². The standard InChI is InChI=1S/C26H27ClN6O4S/c1-2-37-23-13-19(33-38-30)11-16(20(23)8-10-24(34)35)14-31-22-9-5-17(27)12-21(22)26(36)32-18-6-3-15(4-7-18)25(28)29/h3-13,31,33H,2,14,30H2,1H3,(H3,28,29)(H,32,36)(H,34,35)/b10-8+.